The van der Waals surface area contributed by atoms with Gasteiger partial charge < -0.3 is 25.4 Å². The van der Waals surface area contributed by atoms with E-state index in [2.05, 4.69) is 16.0 Å². The van der Waals surface area contributed by atoms with Gasteiger partial charge in [0, 0.05) is 18.8 Å². The Balaban J connectivity index is 1.78. The molecule has 1 heterocycles. The molecule has 34 heavy (non-hydrogen) atoms. The van der Waals surface area contributed by atoms with Crippen LogP contribution in [0.4, 0.5) is 16.2 Å². The van der Waals surface area contributed by atoms with Crippen LogP contribution in [-0.2, 0) is 19.6 Å². The summed E-state index contributed by atoms with van der Waals surface area (Å²) in [4.78, 5) is 25.6. The van der Waals surface area contributed by atoms with E-state index in [4.69, 9.17) is 9.47 Å². The molecule has 0 bridgehead atoms. The van der Waals surface area contributed by atoms with E-state index in [1.54, 1.807) is 38.1 Å². The SMILES string of the molecule is COc1ccc(S(=O)(=O)N2CCOCC2)cc1NC(=O)C(NC(=O)Nc1ccccc1)C(C)C. The molecular formula is C23H30N4O6S. The number of nitrogens with zero attached hydrogens (tertiary/aromatic N) is 1. The lowest BCUT2D eigenvalue weighted by Gasteiger charge is -2.26. The van der Waals surface area contributed by atoms with Crippen molar-refractivity contribution in [2.75, 3.05) is 44.0 Å². The Morgan fingerprint density at radius 2 is 1.71 bits per heavy atom. The third-order valence-corrected chi connectivity index (χ3v) is 7.20. The first-order valence-electron chi connectivity index (χ1n) is 10.9. The summed E-state index contributed by atoms with van der Waals surface area (Å²) in [5.74, 6) is -0.448. The predicted molar refractivity (Wildman–Crippen MR) is 128 cm³/mol. The minimum atomic E-state index is -3.77. The molecule has 3 amide bonds. The van der Waals surface area contributed by atoms with Crippen molar-refractivity contribution < 1.29 is 27.5 Å². The molecule has 1 unspecified atom stereocenters. The number of carbonyl (C=O) groups excluding carboxylic acids is 2. The number of nitrogens with one attached hydrogen (secondary N) is 3. The highest BCUT2D eigenvalue weighted by atomic mass is 32.2. The molecule has 1 saturated heterocycles. The van der Waals surface area contributed by atoms with E-state index in [0.29, 0.717) is 24.7 Å². The van der Waals surface area contributed by atoms with Gasteiger partial charge in [-0.3, -0.25) is 4.79 Å². The van der Waals surface area contributed by atoms with Gasteiger partial charge in [0.2, 0.25) is 15.9 Å². The Morgan fingerprint density at radius 1 is 1.03 bits per heavy atom. The molecule has 0 aliphatic carbocycles. The summed E-state index contributed by atoms with van der Waals surface area (Å²) >= 11 is 0. The zero-order valence-corrected chi connectivity index (χ0v) is 20.2. The number of hydrogen-bond acceptors (Lipinski definition) is 6. The number of sulfonamides is 1. The van der Waals surface area contributed by atoms with Crippen LogP contribution in [0.1, 0.15) is 13.8 Å². The van der Waals surface area contributed by atoms with Crippen LogP contribution in [0.5, 0.6) is 5.75 Å². The molecule has 0 aromatic heterocycles. The first-order valence-corrected chi connectivity index (χ1v) is 12.4. The average Bonchev–Trinajstić information content (AvgIpc) is 2.83. The summed E-state index contributed by atoms with van der Waals surface area (Å²) in [6, 6.07) is 11.7. The maximum Gasteiger partial charge on any atom is 0.319 e. The molecule has 0 saturated carbocycles. The fourth-order valence-corrected chi connectivity index (χ4v) is 4.89. The van der Waals surface area contributed by atoms with Gasteiger partial charge >= 0.3 is 6.03 Å². The van der Waals surface area contributed by atoms with Crippen molar-refractivity contribution in [3.63, 3.8) is 0 Å². The number of hydrogen-bond donors (Lipinski definition) is 3. The third kappa shape index (κ3) is 6.25. The van der Waals surface area contributed by atoms with Crippen molar-refractivity contribution in [1.29, 1.82) is 0 Å². The van der Waals surface area contributed by atoms with Crippen molar-refractivity contribution in [3.8, 4) is 5.75 Å². The van der Waals surface area contributed by atoms with Gasteiger partial charge in [-0.25, -0.2) is 13.2 Å². The fraction of sp³-hybridized carbons (Fsp3) is 0.391. The second-order valence-corrected chi connectivity index (χ2v) is 9.99. The monoisotopic (exact) mass is 490 g/mol. The van der Waals surface area contributed by atoms with Crippen LogP contribution in [0.3, 0.4) is 0 Å². The van der Waals surface area contributed by atoms with Crippen LogP contribution in [-0.4, -0.2) is 64.1 Å². The summed E-state index contributed by atoms with van der Waals surface area (Å²) in [6.07, 6.45) is 0. The Bertz CT molecular complexity index is 1100. The van der Waals surface area contributed by atoms with Gasteiger partial charge in [-0.15, -0.1) is 0 Å². The zero-order chi connectivity index (χ0) is 24.7. The van der Waals surface area contributed by atoms with Gasteiger partial charge in [0.1, 0.15) is 11.8 Å². The molecule has 184 valence electrons. The first kappa shape index (κ1) is 25.5. The van der Waals surface area contributed by atoms with E-state index in [1.807, 2.05) is 6.07 Å². The lowest BCUT2D eigenvalue weighted by atomic mass is 10.0. The highest BCUT2D eigenvalue weighted by Crippen LogP contribution is 2.29. The molecule has 3 rings (SSSR count). The molecule has 2 aromatic rings. The summed E-state index contributed by atoms with van der Waals surface area (Å²) < 4.78 is 38.0. The van der Waals surface area contributed by atoms with Crippen LogP contribution >= 0.6 is 0 Å². The largest absolute Gasteiger partial charge is 0.495 e. The molecule has 1 fully saturated rings. The molecule has 11 heteroatoms. The normalized spacial score (nSPS) is 15.4. The summed E-state index contributed by atoms with van der Waals surface area (Å²) in [5, 5.41) is 8.07. The van der Waals surface area contributed by atoms with E-state index in [9.17, 15) is 18.0 Å². The number of amides is 3. The number of ether oxygens (including phenoxy) is 2. The number of anilines is 2. The number of rotatable bonds is 8. The summed E-state index contributed by atoms with van der Waals surface area (Å²) in [5.41, 5.74) is 0.781. The molecule has 0 spiro atoms. The van der Waals surface area contributed by atoms with E-state index < -0.39 is 28.0 Å². The van der Waals surface area contributed by atoms with Gasteiger partial charge in [-0.05, 0) is 36.2 Å². The Morgan fingerprint density at radius 3 is 2.32 bits per heavy atom. The molecule has 0 radical (unpaired) electrons. The van der Waals surface area contributed by atoms with Crippen LogP contribution < -0.4 is 20.7 Å². The summed E-state index contributed by atoms with van der Waals surface area (Å²) in [6.45, 7) is 4.75. The van der Waals surface area contributed by atoms with E-state index in [-0.39, 0.29) is 29.6 Å². The Hall–Kier alpha value is -3.15. The van der Waals surface area contributed by atoms with Gasteiger partial charge in [-0.1, -0.05) is 32.0 Å². The van der Waals surface area contributed by atoms with E-state index >= 15 is 0 Å². The number of urea groups is 1. The average molecular weight is 491 g/mol. The standard InChI is InChI=1S/C23H30N4O6S/c1-16(2)21(26-23(29)24-17-7-5-4-6-8-17)22(28)25-19-15-18(9-10-20(19)32-3)34(30,31)27-11-13-33-14-12-27/h4-10,15-16,21H,11-14H2,1-3H3,(H,25,28)(H2,24,26,29). The topological polar surface area (TPSA) is 126 Å². The lowest BCUT2D eigenvalue weighted by molar-refractivity contribution is -0.118. The highest BCUT2D eigenvalue weighted by Gasteiger charge is 2.29. The Kier molecular flexibility index (Phi) is 8.48. The maximum atomic E-state index is 13.1. The molecule has 10 nitrogen and oxygen atoms in total. The molecule has 2 aromatic carbocycles. The van der Waals surface area contributed by atoms with Crippen molar-refractivity contribution in [2.45, 2.75) is 24.8 Å². The zero-order valence-electron chi connectivity index (χ0n) is 19.4. The fourth-order valence-electron chi connectivity index (χ4n) is 3.46. The quantitative estimate of drug-likeness (QED) is 0.522. The predicted octanol–water partition coefficient (Wildman–Crippen LogP) is 2.50. The Labute approximate surface area is 199 Å². The van der Waals surface area contributed by atoms with Crippen molar-refractivity contribution >= 4 is 33.3 Å². The number of benzene rings is 2. The van der Waals surface area contributed by atoms with Crippen molar-refractivity contribution in [2.24, 2.45) is 5.92 Å². The molecule has 1 aliphatic rings. The van der Waals surface area contributed by atoms with E-state index in [1.165, 1.54) is 29.6 Å². The van der Waals surface area contributed by atoms with Crippen LogP contribution in [0.2, 0.25) is 0 Å². The highest BCUT2D eigenvalue weighted by molar-refractivity contribution is 7.89. The van der Waals surface area contributed by atoms with Crippen molar-refractivity contribution in [1.82, 2.24) is 9.62 Å². The molecule has 1 atom stereocenters. The van der Waals surface area contributed by atoms with Crippen LogP contribution in [0, 0.1) is 5.92 Å². The third-order valence-electron chi connectivity index (χ3n) is 5.30. The maximum absolute atomic E-state index is 13.1. The second kappa shape index (κ2) is 11.3. The summed E-state index contributed by atoms with van der Waals surface area (Å²) in [7, 11) is -2.35. The minimum Gasteiger partial charge on any atom is -0.495 e. The van der Waals surface area contributed by atoms with Crippen LogP contribution in [0.15, 0.2) is 53.4 Å². The molecule has 3 N–H and O–H groups in total. The number of morpholine rings is 1. The van der Waals surface area contributed by atoms with Gasteiger partial charge in [0.15, 0.2) is 0 Å². The van der Waals surface area contributed by atoms with Crippen LogP contribution in [0.25, 0.3) is 0 Å². The van der Waals surface area contributed by atoms with Gasteiger partial charge in [0.05, 0.1) is 30.9 Å². The number of carbonyl (C=O) groups is 2. The molecule has 1 aliphatic heterocycles. The van der Waals surface area contributed by atoms with Gasteiger partial charge in [-0.2, -0.15) is 4.31 Å². The minimum absolute atomic E-state index is 0.0291. The molecular weight excluding hydrogens is 460 g/mol. The number of methoxy groups -OCH3 is 1. The second-order valence-electron chi connectivity index (χ2n) is 8.05. The first-order chi connectivity index (χ1) is 16.2. The van der Waals surface area contributed by atoms with E-state index in [0.717, 1.165) is 0 Å². The smallest absolute Gasteiger partial charge is 0.319 e. The van der Waals surface area contributed by atoms with Gasteiger partial charge in [0.25, 0.3) is 0 Å². The van der Waals surface area contributed by atoms with Crippen molar-refractivity contribution in [3.05, 3.63) is 48.5 Å². The lowest BCUT2D eigenvalue weighted by Crippen LogP contribution is -2.48. The number of para-hydroxylation sites is 1.